The Bertz CT molecular complexity index is 1170. The lowest BCUT2D eigenvalue weighted by Crippen LogP contribution is -2.42. The molecule has 3 aromatic rings. The Morgan fingerprint density at radius 2 is 1.45 bits per heavy atom. The van der Waals surface area contributed by atoms with Crippen LogP contribution in [0.3, 0.4) is 0 Å². The maximum atomic E-state index is 13.5. The van der Waals surface area contributed by atoms with Crippen molar-refractivity contribution in [2.75, 3.05) is 18.0 Å². The van der Waals surface area contributed by atoms with E-state index in [1.54, 1.807) is 24.3 Å². The van der Waals surface area contributed by atoms with Gasteiger partial charge in [0.15, 0.2) is 0 Å². The van der Waals surface area contributed by atoms with Gasteiger partial charge in [-0.3, -0.25) is 9.10 Å². The van der Waals surface area contributed by atoms with Crippen molar-refractivity contribution in [3.8, 4) is 5.75 Å². The van der Waals surface area contributed by atoms with Crippen molar-refractivity contribution in [2.45, 2.75) is 38.1 Å². The van der Waals surface area contributed by atoms with Crippen LogP contribution in [0.2, 0.25) is 0 Å². The molecule has 0 aromatic heterocycles. The number of benzene rings is 3. The molecule has 1 atom stereocenters. The van der Waals surface area contributed by atoms with Crippen molar-refractivity contribution >= 4 is 21.6 Å². The first-order valence-corrected chi connectivity index (χ1v) is 12.3. The van der Waals surface area contributed by atoms with Gasteiger partial charge in [-0.2, -0.15) is 0 Å². The molecule has 0 spiro atoms. The number of sulfonamides is 1. The first-order valence-electron chi connectivity index (χ1n) is 10.8. The standard InChI is InChI=1S/C26H30N2O4S/c1-5-25(21-10-6-19(2)7-11-21)27-26(29)18-28(22-12-8-20(3)9-13-22)33(30,31)24-16-14-23(32-4)15-17-24/h6-17,25H,5,18H2,1-4H3,(H,27,29)/t25-/m1/s1. The first kappa shape index (κ1) is 24.3. The van der Waals surface area contributed by atoms with Crippen LogP contribution in [-0.4, -0.2) is 28.0 Å². The molecule has 0 unspecified atom stereocenters. The molecule has 0 saturated carbocycles. The normalized spacial score (nSPS) is 12.1. The molecule has 0 bridgehead atoms. The first-order chi connectivity index (χ1) is 15.7. The molecule has 0 radical (unpaired) electrons. The molecule has 0 aliphatic heterocycles. The number of hydrogen-bond acceptors (Lipinski definition) is 4. The molecule has 0 fully saturated rings. The second-order valence-corrected chi connectivity index (χ2v) is 9.82. The Morgan fingerprint density at radius 3 is 1.97 bits per heavy atom. The number of nitrogens with one attached hydrogen (secondary N) is 1. The number of ether oxygens (including phenoxy) is 1. The van der Waals surface area contributed by atoms with E-state index in [4.69, 9.17) is 4.74 Å². The van der Waals surface area contributed by atoms with Crippen LogP contribution in [0.15, 0.2) is 77.7 Å². The van der Waals surface area contributed by atoms with Crippen LogP contribution in [0, 0.1) is 13.8 Å². The highest BCUT2D eigenvalue weighted by Crippen LogP contribution is 2.26. The van der Waals surface area contributed by atoms with Gasteiger partial charge in [-0.1, -0.05) is 54.4 Å². The van der Waals surface area contributed by atoms with Crippen molar-refractivity contribution in [1.82, 2.24) is 5.32 Å². The molecule has 174 valence electrons. The molecular formula is C26H30N2O4S. The van der Waals surface area contributed by atoms with E-state index in [0.29, 0.717) is 17.9 Å². The SMILES string of the molecule is CC[C@@H](NC(=O)CN(c1ccc(C)cc1)S(=O)(=O)c1ccc(OC)cc1)c1ccc(C)cc1. The fourth-order valence-electron chi connectivity index (χ4n) is 3.49. The number of nitrogens with zero attached hydrogens (tertiary/aromatic N) is 1. The van der Waals surface area contributed by atoms with Gasteiger partial charge >= 0.3 is 0 Å². The molecule has 7 heteroatoms. The third kappa shape index (κ3) is 5.93. The summed E-state index contributed by atoms with van der Waals surface area (Å²) in [6.07, 6.45) is 0.685. The number of carbonyl (C=O) groups excluding carboxylic acids is 1. The molecule has 1 N–H and O–H groups in total. The van der Waals surface area contributed by atoms with Crippen LogP contribution in [0.25, 0.3) is 0 Å². The van der Waals surface area contributed by atoms with Gasteiger partial charge in [0.05, 0.1) is 23.7 Å². The van der Waals surface area contributed by atoms with Crippen molar-refractivity contribution in [3.05, 3.63) is 89.5 Å². The Balaban J connectivity index is 1.89. The lowest BCUT2D eigenvalue weighted by atomic mass is 10.0. The number of carbonyl (C=O) groups is 1. The van der Waals surface area contributed by atoms with Gasteiger partial charge in [-0.25, -0.2) is 8.42 Å². The Morgan fingerprint density at radius 1 is 0.909 bits per heavy atom. The predicted molar refractivity (Wildman–Crippen MR) is 131 cm³/mol. The van der Waals surface area contributed by atoms with Crippen molar-refractivity contribution in [1.29, 1.82) is 0 Å². The summed E-state index contributed by atoms with van der Waals surface area (Å²) in [4.78, 5) is 13.1. The van der Waals surface area contributed by atoms with Gasteiger partial charge < -0.3 is 10.1 Å². The van der Waals surface area contributed by atoms with Crippen LogP contribution >= 0.6 is 0 Å². The average molecular weight is 467 g/mol. The lowest BCUT2D eigenvalue weighted by Gasteiger charge is -2.26. The molecule has 3 rings (SSSR count). The molecule has 0 saturated heterocycles. The van der Waals surface area contributed by atoms with Gasteiger partial charge in [-0.05, 0) is 62.2 Å². The summed E-state index contributed by atoms with van der Waals surface area (Å²) in [6.45, 7) is 5.58. The summed E-state index contributed by atoms with van der Waals surface area (Å²) < 4.78 is 33.3. The second kappa shape index (κ2) is 10.5. The monoisotopic (exact) mass is 466 g/mol. The van der Waals surface area contributed by atoms with Gasteiger partial charge in [0.2, 0.25) is 5.91 Å². The summed E-state index contributed by atoms with van der Waals surface area (Å²) in [6, 6.07) is 21.0. The molecule has 0 aliphatic rings. The third-order valence-corrected chi connectivity index (χ3v) is 7.27. The highest BCUT2D eigenvalue weighted by Gasteiger charge is 2.28. The van der Waals surface area contributed by atoms with E-state index in [1.807, 2.05) is 57.2 Å². The van der Waals surface area contributed by atoms with Crippen LogP contribution in [-0.2, 0) is 14.8 Å². The topological polar surface area (TPSA) is 75.7 Å². The number of hydrogen-bond donors (Lipinski definition) is 1. The van der Waals surface area contributed by atoms with Gasteiger partial charge in [0.25, 0.3) is 10.0 Å². The molecule has 3 aromatic carbocycles. The zero-order chi connectivity index (χ0) is 24.0. The number of anilines is 1. The van der Waals surface area contributed by atoms with E-state index in [0.717, 1.165) is 21.0 Å². The number of methoxy groups -OCH3 is 1. The fourth-order valence-corrected chi connectivity index (χ4v) is 4.91. The van der Waals surface area contributed by atoms with Gasteiger partial charge in [0, 0.05) is 0 Å². The molecule has 33 heavy (non-hydrogen) atoms. The van der Waals surface area contributed by atoms with Crippen molar-refractivity contribution in [3.63, 3.8) is 0 Å². The van der Waals surface area contributed by atoms with E-state index in [1.165, 1.54) is 19.2 Å². The van der Waals surface area contributed by atoms with E-state index in [2.05, 4.69) is 5.32 Å². The van der Waals surface area contributed by atoms with Crippen LogP contribution in [0.5, 0.6) is 5.75 Å². The quantitative estimate of drug-likeness (QED) is 0.493. The molecule has 0 aliphatic carbocycles. The average Bonchev–Trinajstić information content (AvgIpc) is 2.82. The maximum absolute atomic E-state index is 13.5. The zero-order valence-electron chi connectivity index (χ0n) is 19.4. The van der Waals surface area contributed by atoms with E-state index < -0.39 is 10.0 Å². The van der Waals surface area contributed by atoms with E-state index in [9.17, 15) is 13.2 Å². The Kier molecular flexibility index (Phi) is 7.76. The maximum Gasteiger partial charge on any atom is 0.264 e. The summed E-state index contributed by atoms with van der Waals surface area (Å²) in [5.41, 5.74) is 3.54. The molecule has 6 nitrogen and oxygen atoms in total. The summed E-state index contributed by atoms with van der Waals surface area (Å²) in [5, 5.41) is 2.99. The molecule has 0 heterocycles. The van der Waals surface area contributed by atoms with Crippen LogP contribution < -0.4 is 14.4 Å². The summed E-state index contributed by atoms with van der Waals surface area (Å²) in [5.74, 6) is 0.178. The lowest BCUT2D eigenvalue weighted by molar-refractivity contribution is -0.120. The summed E-state index contributed by atoms with van der Waals surface area (Å²) >= 11 is 0. The minimum absolute atomic E-state index is 0.0854. The highest BCUT2D eigenvalue weighted by molar-refractivity contribution is 7.92. The van der Waals surface area contributed by atoms with Crippen LogP contribution in [0.1, 0.15) is 36.1 Å². The van der Waals surface area contributed by atoms with Gasteiger partial charge in [-0.15, -0.1) is 0 Å². The van der Waals surface area contributed by atoms with Crippen molar-refractivity contribution in [2.24, 2.45) is 0 Å². The molecular weight excluding hydrogens is 436 g/mol. The number of amides is 1. The van der Waals surface area contributed by atoms with Crippen LogP contribution in [0.4, 0.5) is 5.69 Å². The summed E-state index contributed by atoms with van der Waals surface area (Å²) in [7, 11) is -2.46. The molecule has 1 amide bonds. The predicted octanol–water partition coefficient (Wildman–Crippen LogP) is 4.77. The third-order valence-electron chi connectivity index (χ3n) is 5.48. The Hall–Kier alpha value is -3.32. The second-order valence-electron chi connectivity index (χ2n) is 7.96. The van der Waals surface area contributed by atoms with E-state index in [-0.39, 0.29) is 23.4 Å². The zero-order valence-corrected chi connectivity index (χ0v) is 20.2. The van der Waals surface area contributed by atoms with Gasteiger partial charge in [0.1, 0.15) is 12.3 Å². The van der Waals surface area contributed by atoms with E-state index >= 15 is 0 Å². The minimum Gasteiger partial charge on any atom is -0.497 e. The largest absolute Gasteiger partial charge is 0.497 e. The highest BCUT2D eigenvalue weighted by atomic mass is 32.2. The fraction of sp³-hybridized carbons (Fsp3) is 0.269. The van der Waals surface area contributed by atoms with Crippen molar-refractivity contribution < 1.29 is 17.9 Å². The Labute approximate surface area is 196 Å². The number of aryl methyl sites for hydroxylation is 2. The minimum atomic E-state index is -3.98. The number of rotatable bonds is 9. The smallest absolute Gasteiger partial charge is 0.264 e.